The summed E-state index contributed by atoms with van der Waals surface area (Å²) < 4.78 is 7.61. The largest absolute Gasteiger partial charge is 0.480 e. The van der Waals surface area contributed by atoms with Crippen molar-refractivity contribution in [2.45, 2.75) is 68.4 Å². The van der Waals surface area contributed by atoms with Crippen molar-refractivity contribution in [1.29, 1.82) is 0 Å². The summed E-state index contributed by atoms with van der Waals surface area (Å²) in [5.41, 5.74) is 0.121. The molecule has 1 saturated carbocycles. The number of carbonyl (C=O) groups is 1. The van der Waals surface area contributed by atoms with E-state index in [4.69, 9.17) is 9.84 Å². The Morgan fingerprint density at radius 1 is 1.38 bits per heavy atom. The van der Waals surface area contributed by atoms with E-state index in [1.54, 1.807) is 0 Å². The van der Waals surface area contributed by atoms with Crippen LogP contribution in [0.5, 0.6) is 0 Å². The molecule has 1 unspecified atom stereocenters. The standard InChI is InChI=1S/C13H20N4O3S/c18-11(19)8-17-12(14-15-16-17)21-9-10-4-7-13(20-10)5-2-1-3-6-13/h10H,1-9H2,(H,18,19). The molecule has 0 radical (unpaired) electrons. The van der Waals surface area contributed by atoms with Crippen LogP contribution in [0, 0.1) is 0 Å². The number of ether oxygens (including phenoxy) is 1. The number of carboxylic acids is 1. The Morgan fingerprint density at radius 2 is 2.19 bits per heavy atom. The molecule has 0 bridgehead atoms. The molecule has 3 rings (SSSR count). The first-order chi connectivity index (χ1) is 10.2. The summed E-state index contributed by atoms with van der Waals surface area (Å²) in [6.07, 6.45) is 8.70. The first-order valence-corrected chi connectivity index (χ1v) is 8.44. The van der Waals surface area contributed by atoms with Gasteiger partial charge in [-0.1, -0.05) is 31.0 Å². The van der Waals surface area contributed by atoms with Gasteiger partial charge in [0.2, 0.25) is 5.16 Å². The maximum atomic E-state index is 10.7. The number of thioether (sulfide) groups is 1. The van der Waals surface area contributed by atoms with E-state index in [9.17, 15) is 4.79 Å². The molecular formula is C13H20N4O3S. The molecule has 8 heteroatoms. The Kier molecular flexibility index (Phi) is 4.44. The number of tetrazole rings is 1. The van der Waals surface area contributed by atoms with E-state index in [2.05, 4.69) is 15.5 Å². The van der Waals surface area contributed by atoms with Crippen molar-refractivity contribution in [2.75, 3.05) is 5.75 Å². The molecule has 2 aliphatic rings. The van der Waals surface area contributed by atoms with E-state index in [0.717, 1.165) is 18.6 Å². The maximum Gasteiger partial charge on any atom is 0.325 e. The molecule has 1 saturated heterocycles. The summed E-state index contributed by atoms with van der Waals surface area (Å²) in [4.78, 5) is 10.7. The highest BCUT2D eigenvalue weighted by atomic mass is 32.2. The molecule has 1 aliphatic heterocycles. The van der Waals surface area contributed by atoms with Crippen LogP contribution in [0.4, 0.5) is 0 Å². The number of hydrogen-bond donors (Lipinski definition) is 1. The summed E-state index contributed by atoms with van der Waals surface area (Å²) >= 11 is 1.48. The fourth-order valence-corrected chi connectivity index (χ4v) is 4.19. The summed E-state index contributed by atoms with van der Waals surface area (Å²) in [6.45, 7) is -0.204. The van der Waals surface area contributed by atoms with Gasteiger partial charge < -0.3 is 9.84 Å². The third-order valence-electron chi connectivity index (χ3n) is 4.29. The molecule has 116 valence electrons. The molecule has 21 heavy (non-hydrogen) atoms. The second kappa shape index (κ2) is 6.31. The van der Waals surface area contributed by atoms with Crippen molar-refractivity contribution in [2.24, 2.45) is 0 Å². The maximum absolute atomic E-state index is 10.7. The average Bonchev–Trinajstić information content (AvgIpc) is 3.05. The second-order valence-electron chi connectivity index (χ2n) is 5.85. The van der Waals surface area contributed by atoms with E-state index >= 15 is 0 Å². The zero-order valence-corrected chi connectivity index (χ0v) is 12.7. The van der Waals surface area contributed by atoms with Crippen LogP contribution < -0.4 is 0 Å². The van der Waals surface area contributed by atoms with Crippen LogP contribution in [0.25, 0.3) is 0 Å². The predicted molar refractivity (Wildman–Crippen MR) is 76.1 cm³/mol. The molecule has 1 aromatic heterocycles. The first kappa shape index (κ1) is 14.8. The Balaban J connectivity index is 1.52. The Morgan fingerprint density at radius 3 is 2.95 bits per heavy atom. The first-order valence-electron chi connectivity index (χ1n) is 7.45. The van der Waals surface area contributed by atoms with Crippen molar-refractivity contribution in [1.82, 2.24) is 20.2 Å². The van der Waals surface area contributed by atoms with Gasteiger partial charge in [-0.15, -0.1) is 5.10 Å². The van der Waals surface area contributed by atoms with Crippen molar-refractivity contribution in [3.05, 3.63) is 0 Å². The smallest absolute Gasteiger partial charge is 0.325 e. The third-order valence-corrected chi connectivity index (χ3v) is 5.37. The second-order valence-corrected chi connectivity index (χ2v) is 6.83. The Labute approximate surface area is 127 Å². The average molecular weight is 312 g/mol. The van der Waals surface area contributed by atoms with Gasteiger partial charge in [-0.05, 0) is 36.1 Å². The number of carboxylic acid groups (broad SMARTS) is 1. The lowest BCUT2D eigenvalue weighted by atomic mass is 9.83. The topological polar surface area (TPSA) is 90.1 Å². The van der Waals surface area contributed by atoms with E-state index in [0.29, 0.717) is 5.16 Å². The van der Waals surface area contributed by atoms with Gasteiger partial charge in [0.15, 0.2) is 0 Å². The molecule has 2 heterocycles. The molecule has 1 spiro atoms. The lowest BCUT2D eigenvalue weighted by Crippen LogP contribution is -2.32. The van der Waals surface area contributed by atoms with Gasteiger partial charge in [0.05, 0.1) is 11.7 Å². The van der Waals surface area contributed by atoms with Crippen LogP contribution in [0.2, 0.25) is 0 Å². The minimum absolute atomic E-state index is 0.121. The molecule has 0 amide bonds. The van der Waals surface area contributed by atoms with Crippen LogP contribution >= 0.6 is 11.8 Å². The molecule has 1 aromatic rings. The quantitative estimate of drug-likeness (QED) is 0.828. The van der Waals surface area contributed by atoms with Gasteiger partial charge in [0.25, 0.3) is 0 Å². The summed E-state index contributed by atoms with van der Waals surface area (Å²) in [6, 6.07) is 0. The van der Waals surface area contributed by atoms with Gasteiger partial charge in [0, 0.05) is 5.75 Å². The lowest BCUT2D eigenvalue weighted by molar-refractivity contribution is -0.138. The van der Waals surface area contributed by atoms with E-state index in [1.807, 2.05) is 0 Å². The molecule has 0 aromatic carbocycles. The summed E-state index contributed by atoms with van der Waals surface area (Å²) in [7, 11) is 0. The third kappa shape index (κ3) is 3.55. The van der Waals surface area contributed by atoms with Crippen molar-refractivity contribution < 1.29 is 14.6 Å². The van der Waals surface area contributed by atoms with Crippen LogP contribution in [0.15, 0.2) is 5.16 Å². The predicted octanol–water partition coefficient (Wildman–Crippen LogP) is 1.73. The summed E-state index contributed by atoms with van der Waals surface area (Å²) in [5.74, 6) is -0.163. The SMILES string of the molecule is O=C(O)Cn1nnnc1SCC1CCC2(CCCCC2)O1. The molecule has 2 fully saturated rings. The van der Waals surface area contributed by atoms with Crippen molar-refractivity contribution in [3.8, 4) is 0 Å². The normalized spacial score (nSPS) is 24.5. The Hall–Kier alpha value is -1.15. The molecule has 1 aliphatic carbocycles. The fourth-order valence-electron chi connectivity index (χ4n) is 3.27. The number of aliphatic carboxylic acids is 1. The highest BCUT2D eigenvalue weighted by Gasteiger charge is 2.40. The zero-order valence-electron chi connectivity index (χ0n) is 11.9. The minimum atomic E-state index is -0.942. The number of nitrogens with zero attached hydrogens (tertiary/aromatic N) is 4. The highest BCUT2D eigenvalue weighted by Crippen LogP contribution is 2.42. The number of aromatic nitrogens is 4. The van der Waals surface area contributed by atoms with Crippen molar-refractivity contribution >= 4 is 17.7 Å². The number of hydrogen-bond acceptors (Lipinski definition) is 6. The van der Waals surface area contributed by atoms with Gasteiger partial charge in [-0.2, -0.15) is 0 Å². The lowest BCUT2D eigenvalue weighted by Gasteiger charge is -2.33. The molecule has 1 N–H and O–H groups in total. The van der Waals surface area contributed by atoms with E-state index in [-0.39, 0.29) is 18.2 Å². The fraction of sp³-hybridized carbons (Fsp3) is 0.846. The zero-order chi connectivity index (χ0) is 14.7. The Bertz CT molecular complexity index is 501. The molecular weight excluding hydrogens is 292 g/mol. The van der Waals surface area contributed by atoms with E-state index < -0.39 is 5.97 Å². The minimum Gasteiger partial charge on any atom is -0.480 e. The van der Waals surface area contributed by atoms with Gasteiger partial charge in [-0.25, -0.2) is 4.68 Å². The molecule has 1 atom stereocenters. The van der Waals surface area contributed by atoms with Crippen LogP contribution in [-0.4, -0.2) is 48.7 Å². The van der Waals surface area contributed by atoms with Crippen LogP contribution in [0.1, 0.15) is 44.9 Å². The summed E-state index contributed by atoms with van der Waals surface area (Å²) in [5, 5.41) is 20.5. The number of rotatable bonds is 5. The van der Waals surface area contributed by atoms with E-state index in [1.165, 1.54) is 48.5 Å². The van der Waals surface area contributed by atoms with Crippen molar-refractivity contribution in [3.63, 3.8) is 0 Å². The monoisotopic (exact) mass is 312 g/mol. The van der Waals surface area contributed by atoms with Gasteiger partial charge in [-0.3, -0.25) is 4.79 Å². The van der Waals surface area contributed by atoms with Gasteiger partial charge in [0.1, 0.15) is 6.54 Å². The molecule has 7 nitrogen and oxygen atoms in total. The van der Waals surface area contributed by atoms with Crippen LogP contribution in [-0.2, 0) is 16.1 Å². The highest BCUT2D eigenvalue weighted by molar-refractivity contribution is 7.99. The van der Waals surface area contributed by atoms with Gasteiger partial charge >= 0.3 is 5.97 Å². The van der Waals surface area contributed by atoms with Crippen LogP contribution in [0.3, 0.4) is 0 Å².